The molecule has 2 unspecified atom stereocenters. The molecule has 0 aliphatic heterocycles. The maximum absolute atomic E-state index is 13.6. The average Bonchev–Trinajstić information content (AvgIpc) is 3.19. The molecule has 2 atom stereocenters. The largest absolute Gasteiger partial charge is 0.469 e. The molecule has 0 radical (unpaired) electrons. The average molecular weight is 443 g/mol. The van der Waals surface area contributed by atoms with Crippen molar-refractivity contribution in [2.75, 3.05) is 13.7 Å². The van der Waals surface area contributed by atoms with E-state index < -0.39 is 35.5 Å². The normalized spacial score (nSPS) is 12.8. The van der Waals surface area contributed by atoms with E-state index in [0.717, 1.165) is 0 Å². The molecule has 8 nitrogen and oxygen atoms in total. The molecule has 3 aromatic rings. The third kappa shape index (κ3) is 5.93. The van der Waals surface area contributed by atoms with Crippen LogP contribution in [0.25, 0.3) is 0 Å². The first kappa shape index (κ1) is 23.0. The summed E-state index contributed by atoms with van der Waals surface area (Å²) < 4.78 is 33.3. The fraction of sp³-hybridized carbons (Fsp3) is 0.318. The summed E-state index contributed by atoms with van der Waals surface area (Å²) in [6.45, 7) is 1.61. The summed E-state index contributed by atoms with van der Waals surface area (Å²) in [6, 6.07) is 10.9. The highest BCUT2D eigenvalue weighted by Crippen LogP contribution is 2.17. The molecule has 1 N–H and O–H groups in total. The van der Waals surface area contributed by atoms with Crippen LogP contribution in [0.15, 0.2) is 48.5 Å². The molecule has 0 aliphatic rings. The maximum atomic E-state index is 13.6. The minimum atomic E-state index is -0.862. The van der Waals surface area contributed by atoms with Crippen LogP contribution in [0.5, 0.6) is 0 Å². The second kappa shape index (κ2) is 10.6. The Hall–Kier alpha value is -3.69. The van der Waals surface area contributed by atoms with Crippen molar-refractivity contribution in [1.29, 1.82) is 0 Å². The lowest BCUT2D eigenvalue weighted by atomic mass is 9.98. The smallest absolute Gasteiger partial charge is 0.310 e. The Balaban J connectivity index is 1.76. The molecular weight excluding hydrogens is 420 g/mol. The van der Waals surface area contributed by atoms with Crippen molar-refractivity contribution in [1.82, 2.24) is 25.5 Å². The molecule has 10 heteroatoms. The van der Waals surface area contributed by atoms with Crippen LogP contribution in [0.3, 0.4) is 0 Å². The van der Waals surface area contributed by atoms with Gasteiger partial charge in [0.05, 0.1) is 13.0 Å². The number of hydrogen-bond acceptors (Lipinski definition) is 6. The summed E-state index contributed by atoms with van der Waals surface area (Å²) in [5.74, 6) is -2.13. The van der Waals surface area contributed by atoms with Gasteiger partial charge in [0.25, 0.3) is 0 Å². The van der Waals surface area contributed by atoms with Gasteiger partial charge in [-0.15, -0.1) is 5.10 Å². The van der Waals surface area contributed by atoms with E-state index >= 15 is 0 Å². The van der Waals surface area contributed by atoms with Gasteiger partial charge in [0.2, 0.25) is 5.91 Å². The number of esters is 1. The first-order valence-corrected chi connectivity index (χ1v) is 9.96. The summed E-state index contributed by atoms with van der Waals surface area (Å²) in [5, 5.41) is 14.0. The van der Waals surface area contributed by atoms with Crippen molar-refractivity contribution in [2.24, 2.45) is 5.92 Å². The lowest BCUT2D eigenvalue weighted by Gasteiger charge is -2.20. The number of benzene rings is 2. The number of methoxy groups -OCH3 is 1. The predicted octanol–water partition coefficient (Wildman–Crippen LogP) is 2.19. The van der Waals surface area contributed by atoms with Gasteiger partial charge in [0, 0.05) is 13.0 Å². The molecule has 2 aromatic carbocycles. The Bertz CT molecular complexity index is 1090. The standard InChI is InChI=1S/C22H23F2N5O3/c1-14-26-27-28-29(14)20(12-16-6-4-8-19(24)11-16)21(30)25-13-17(22(31)32-2)9-15-5-3-7-18(23)10-15/h3-8,10-11,17,20H,9,12-13H2,1-2H3,(H,25,30). The second-order valence-electron chi connectivity index (χ2n) is 7.32. The van der Waals surface area contributed by atoms with E-state index in [1.807, 2.05) is 0 Å². The zero-order valence-corrected chi connectivity index (χ0v) is 17.7. The van der Waals surface area contributed by atoms with Gasteiger partial charge < -0.3 is 10.1 Å². The lowest BCUT2D eigenvalue weighted by molar-refractivity contribution is -0.145. The molecule has 0 aliphatic carbocycles. The predicted molar refractivity (Wildman–Crippen MR) is 110 cm³/mol. The Labute approximate surface area is 183 Å². The molecule has 0 fully saturated rings. The Morgan fingerprint density at radius 3 is 2.22 bits per heavy atom. The molecule has 1 heterocycles. The highest BCUT2D eigenvalue weighted by Gasteiger charge is 2.27. The number of aromatic nitrogens is 4. The summed E-state index contributed by atoms with van der Waals surface area (Å²) in [4.78, 5) is 25.3. The van der Waals surface area contributed by atoms with Crippen molar-refractivity contribution in [2.45, 2.75) is 25.8 Å². The van der Waals surface area contributed by atoms with Gasteiger partial charge in [-0.05, 0) is 59.2 Å². The van der Waals surface area contributed by atoms with Gasteiger partial charge in [-0.3, -0.25) is 9.59 Å². The van der Waals surface area contributed by atoms with Crippen LogP contribution in [-0.2, 0) is 27.2 Å². The van der Waals surface area contributed by atoms with Gasteiger partial charge >= 0.3 is 5.97 Å². The fourth-order valence-corrected chi connectivity index (χ4v) is 3.40. The Kier molecular flexibility index (Phi) is 7.58. The molecule has 0 saturated carbocycles. The topological polar surface area (TPSA) is 99.0 Å². The van der Waals surface area contributed by atoms with Crippen molar-refractivity contribution in [3.63, 3.8) is 0 Å². The highest BCUT2D eigenvalue weighted by molar-refractivity contribution is 5.81. The van der Waals surface area contributed by atoms with Crippen LogP contribution in [0.4, 0.5) is 8.78 Å². The first-order chi connectivity index (χ1) is 15.4. The molecule has 32 heavy (non-hydrogen) atoms. The van der Waals surface area contributed by atoms with Crippen LogP contribution in [0.2, 0.25) is 0 Å². The molecule has 0 spiro atoms. The third-order valence-corrected chi connectivity index (χ3v) is 5.00. The minimum Gasteiger partial charge on any atom is -0.469 e. The van der Waals surface area contributed by atoms with Gasteiger partial charge in [0.1, 0.15) is 23.5 Å². The van der Waals surface area contributed by atoms with E-state index in [2.05, 4.69) is 20.8 Å². The number of halogens is 2. The number of ether oxygens (including phenoxy) is 1. The number of carbonyl (C=O) groups is 2. The van der Waals surface area contributed by atoms with Crippen LogP contribution >= 0.6 is 0 Å². The van der Waals surface area contributed by atoms with Crippen molar-refractivity contribution < 1.29 is 23.1 Å². The zero-order chi connectivity index (χ0) is 23.1. The van der Waals surface area contributed by atoms with Crippen LogP contribution in [0.1, 0.15) is 23.0 Å². The van der Waals surface area contributed by atoms with Crippen LogP contribution in [0, 0.1) is 24.5 Å². The van der Waals surface area contributed by atoms with E-state index in [-0.39, 0.29) is 19.4 Å². The number of amides is 1. The molecule has 3 rings (SSSR count). The van der Waals surface area contributed by atoms with E-state index in [1.54, 1.807) is 31.2 Å². The van der Waals surface area contributed by atoms with Crippen molar-refractivity contribution >= 4 is 11.9 Å². The number of nitrogens with one attached hydrogen (secondary N) is 1. The molecule has 1 aromatic heterocycles. The SMILES string of the molecule is COC(=O)C(CNC(=O)C(Cc1cccc(F)c1)n1nnnc1C)Cc1cccc(F)c1. The number of nitrogens with zero attached hydrogens (tertiary/aromatic N) is 4. The summed E-state index contributed by atoms with van der Waals surface area (Å²) in [7, 11) is 1.25. The van der Waals surface area contributed by atoms with E-state index in [4.69, 9.17) is 4.74 Å². The summed E-state index contributed by atoms with van der Waals surface area (Å²) in [6.07, 6.45) is 0.325. The summed E-state index contributed by atoms with van der Waals surface area (Å²) in [5.41, 5.74) is 1.19. The summed E-state index contributed by atoms with van der Waals surface area (Å²) >= 11 is 0. The Morgan fingerprint density at radius 2 is 1.69 bits per heavy atom. The molecule has 1 amide bonds. The molecule has 0 bridgehead atoms. The highest BCUT2D eigenvalue weighted by atomic mass is 19.1. The van der Waals surface area contributed by atoms with Gasteiger partial charge in [-0.25, -0.2) is 13.5 Å². The zero-order valence-electron chi connectivity index (χ0n) is 17.7. The minimum absolute atomic E-state index is 0.0388. The maximum Gasteiger partial charge on any atom is 0.310 e. The van der Waals surface area contributed by atoms with E-state index in [9.17, 15) is 18.4 Å². The number of aryl methyl sites for hydroxylation is 1. The fourth-order valence-electron chi connectivity index (χ4n) is 3.40. The second-order valence-corrected chi connectivity index (χ2v) is 7.32. The van der Waals surface area contributed by atoms with Crippen molar-refractivity contribution in [3.05, 3.63) is 77.1 Å². The van der Waals surface area contributed by atoms with Gasteiger partial charge in [0.15, 0.2) is 0 Å². The van der Waals surface area contributed by atoms with Crippen LogP contribution < -0.4 is 5.32 Å². The number of carbonyl (C=O) groups excluding carboxylic acids is 2. The molecule has 168 valence electrons. The van der Waals surface area contributed by atoms with Gasteiger partial charge in [-0.1, -0.05) is 24.3 Å². The van der Waals surface area contributed by atoms with E-state index in [0.29, 0.717) is 17.0 Å². The monoisotopic (exact) mass is 443 g/mol. The van der Waals surface area contributed by atoms with Crippen molar-refractivity contribution in [3.8, 4) is 0 Å². The number of tetrazole rings is 1. The number of rotatable bonds is 9. The Morgan fingerprint density at radius 1 is 1.06 bits per heavy atom. The lowest BCUT2D eigenvalue weighted by Crippen LogP contribution is -2.40. The molecule has 0 saturated heterocycles. The number of hydrogen-bond donors (Lipinski definition) is 1. The third-order valence-electron chi connectivity index (χ3n) is 5.00. The quantitative estimate of drug-likeness (QED) is 0.509. The van der Waals surface area contributed by atoms with Gasteiger partial charge in [-0.2, -0.15) is 0 Å². The first-order valence-electron chi connectivity index (χ1n) is 9.96. The van der Waals surface area contributed by atoms with Crippen LogP contribution in [-0.4, -0.2) is 45.7 Å². The van der Waals surface area contributed by atoms with E-state index in [1.165, 1.54) is 36.1 Å². The molecular formula is C22H23F2N5O3.